The van der Waals surface area contributed by atoms with Crippen molar-refractivity contribution < 1.29 is 67.7 Å². The van der Waals surface area contributed by atoms with Gasteiger partial charge in [0.2, 0.25) is 59.1 Å². The fourth-order valence-corrected chi connectivity index (χ4v) is 11.0. The number of esters is 1. The molecule has 1 saturated carbocycles. The molecular weight excluding hydrogens is 1230 g/mol. The van der Waals surface area contributed by atoms with E-state index in [1.54, 1.807) is 55.5 Å². The Hall–Kier alpha value is -8.19. The first kappa shape index (κ1) is 81.0. The van der Waals surface area contributed by atoms with E-state index in [4.69, 9.17) is 27.7 Å². The van der Waals surface area contributed by atoms with Crippen molar-refractivity contribution in [1.82, 2.24) is 58.5 Å². The number of carbonyl (C=O) groups excluding carboxylic acids is 11. The van der Waals surface area contributed by atoms with Crippen LogP contribution in [0.3, 0.4) is 0 Å². The van der Waals surface area contributed by atoms with Crippen molar-refractivity contribution in [3.8, 4) is 0 Å². The number of nitrogens with zero attached hydrogens (tertiary/aromatic N) is 2. The van der Waals surface area contributed by atoms with Crippen LogP contribution in [0, 0.1) is 29.6 Å². The largest absolute Gasteiger partial charge is 0.458 e. The van der Waals surface area contributed by atoms with Gasteiger partial charge in [0.1, 0.15) is 66.5 Å². The minimum absolute atomic E-state index is 0.00676. The Bertz CT molecular complexity index is 2750. The molecule has 21 N–H and O–H groups in total. The number of cyclic esters (lactones) is 1. The Balaban J connectivity index is 1.94. The van der Waals surface area contributed by atoms with Crippen LogP contribution in [0.25, 0.3) is 0 Å². The Kier molecular flexibility index (Phi) is 35.5. The Labute approximate surface area is 557 Å². The van der Waals surface area contributed by atoms with Crippen LogP contribution in [0.15, 0.2) is 40.3 Å². The summed E-state index contributed by atoms with van der Waals surface area (Å²) >= 11 is 0. The average Bonchev–Trinajstić information content (AvgIpc) is 1.84. The smallest absolute Gasteiger partial charge is 0.329 e. The number of amides is 10. The number of ether oxygens (including phenoxy) is 1. The maximum Gasteiger partial charge on any atom is 0.329 e. The molecule has 0 unspecified atom stereocenters. The Morgan fingerprint density at radius 2 is 1.05 bits per heavy atom. The molecule has 0 radical (unpaired) electrons. The molecule has 1 aliphatic carbocycles. The first-order valence-electron chi connectivity index (χ1n) is 33.4. The minimum Gasteiger partial charge on any atom is -0.458 e. The summed E-state index contributed by atoms with van der Waals surface area (Å²) in [4.78, 5) is 165. The maximum absolute atomic E-state index is 14.6. The highest BCUT2D eigenvalue weighted by atomic mass is 16.5. The molecule has 2 fully saturated rings. The zero-order valence-electron chi connectivity index (χ0n) is 56.9. The molecule has 534 valence electrons. The van der Waals surface area contributed by atoms with Crippen LogP contribution in [0.2, 0.25) is 0 Å². The second-order valence-corrected chi connectivity index (χ2v) is 25.0. The predicted octanol–water partition coefficient (Wildman–Crippen LogP) is -2.53. The number of aliphatic hydroxyl groups is 2. The number of nitrogens with two attached hydrogens (primary N) is 4. The lowest BCUT2D eigenvalue weighted by Crippen LogP contribution is -2.63. The van der Waals surface area contributed by atoms with Crippen LogP contribution in [-0.4, -0.2) is 193 Å². The van der Waals surface area contributed by atoms with Gasteiger partial charge in [-0.05, 0) is 94.1 Å². The van der Waals surface area contributed by atoms with Gasteiger partial charge in [-0.25, -0.2) is 4.79 Å². The summed E-state index contributed by atoms with van der Waals surface area (Å²) < 4.78 is 5.87. The summed E-state index contributed by atoms with van der Waals surface area (Å²) in [6.45, 7) is 13.2. The van der Waals surface area contributed by atoms with Gasteiger partial charge in [-0.15, -0.1) is 0 Å². The standard InChI is InChI=1S/C64H109N17O14/c1-11-34(5)46(77-54(86)43(69-10)31-39-23-17-15-18-24-39)57(89)74-44(32-82)55(87)72-41(27-21-29-70-63(65)66)52(84)76-48(36(7)13-3)59(91)78-47(35(6)12-2)58(90)75-45(33-83)56(88)80-50-38(9)95-62(94)49(37(8)14-4)79-61(93)51(40-25-19-16-20-26-40)81-53(85)42(73-60(50)92)28-22-30-71-64(67)68/h15,17-18,23-24,34-38,40-51,69,82-83H,11-14,16,19-22,25-33H2,1-10H3,(H,72,87)(H,73,92)(H,74,89)(H,75,90)(H,76,84)(H,77,86)(H,78,91)(H,79,93)(H,80,88)(H,81,85)(H4,65,66,70)(H4,67,68,71)/t34-,35-,36-,37-,38-,41+,42-,43+,44-,45-,46-,47-,48+,49-,50+,51-/m0/s1. The number of carbonyl (C=O) groups is 11. The topological polar surface area (TPSA) is 499 Å². The number of guanidine groups is 2. The molecule has 16 atom stereocenters. The quantitative estimate of drug-likeness (QED) is 0.0143. The molecule has 0 bridgehead atoms. The molecule has 31 heteroatoms. The molecular formula is C64H109N17O14. The summed E-state index contributed by atoms with van der Waals surface area (Å²) in [7, 11) is 1.61. The molecule has 1 heterocycles. The van der Waals surface area contributed by atoms with E-state index in [-0.39, 0.29) is 63.0 Å². The first-order chi connectivity index (χ1) is 45.1. The number of hydrogen-bond acceptors (Lipinski definition) is 17. The molecule has 1 aromatic rings. The van der Waals surface area contributed by atoms with E-state index in [2.05, 4.69) is 68.5 Å². The minimum atomic E-state index is -1.83. The van der Waals surface area contributed by atoms with Gasteiger partial charge in [0, 0.05) is 13.1 Å². The molecule has 0 aromatic heterocycles. The molecule has 10 amide bonds. The average molecular weight is 1340 g/mol. The van der Waals surface area contributed by atoms with Gasteiger partial charge in [0.25, 0.3) is 0 Å². The van der Waals surface area contributed by atoms with E-state index >= 15 is 0 Å². The van der Waals surface area contributed by atoms with Gasteiger partial charge in [0.15, 0.2) is 11.9 Å². The predicted molar refractivity (Wildman–Crippen MR) is 356 cm³/mol. The maximum atomic E-state index is 14.6. The first-order valence-corrected chi connectivity index (χ1v) is 33.4. The Morgan fingerprint density at radius 3 is 1.55 bits per heavy atom. The van der Waals surface area contributed by atoms with Crippen LogP contribution < -0.4 is 81.4 Å². The number of nitrogens with one attached hydrogen (secondary N) is 11. The number of aliphatic imine (C=N–C) groups is 2. The van der Waals surface area contributed by atoms with E-state index in [1.165, 1.54) is 6.92 Å². The van der Waals surface area contributed by atoms with Gasteiger partial charge in [-0.1, -0.05) is 131 Å². The van der Waals surface area contributed by atoms with Crippen molar-refractivity contribution >= 4 is 77.0 Å². The third kappa shape index (κ3) is 26.2. The summed E-state index contributed by atoms with van der Waals surface area (Å²) in [5.41, 5.74) is 23.1. The van der Waals surface area contributed by atoms with E-state index < -0.39 is 174 Å². The van der Waals surface area contributed by atoms with Crippen LogP contribution >= 0.6 is 0 Å². The van der Waals surface area contributed by atoms with Gasteiger partial charge in [-0.3, -0.25) is 57.9 Å². The van der Waals surface area contributed by atoms with Crippen molar-refractivity contribution in [2.45, 2.75) is 225 Å². The van der Waals surface area contributed by atoms with Crippen molar-refractivity contribution in [3.05, 3.63) is 35.9 Å². The molecule has 1 aliphatic heterocycles. The monoisotopic (exact) mass is 1340 g/mol. The van der Waals surface area contributed by atoms with E-state index in [9.17, 15) is 63.0 Å². The zero-order valence-corrected chi connectivity index (χ0v) is 56.9. The lowest BCUT2D eigenvalue weighted by molar-refractivity contribution is -0.157. The fraction of sp³-hybridized carbons (Fsp3) is 0.703. The molecule has 95 heavy (non-hydrogen) atoms. The highest BCUT2D eigenvalue weighted by molar-refractivity contribution is 5.99. The fourth-order valence-electron chi connectivity index (χ4n) is 11.0. The number of aliphatic hydroxyl groups excluding tert-OH is 2. The summed E-state index contributed by atoms with van der Waals surface area (Å²) in [5, 5.41) is 50.8. The van der Waals surface area contributed by atoms with Gasteiger partial charge in [-0.2, -0.15) is 0 Å². The molecule has 1 aromatic carbocycles. The van der Waals surface area contributed by atoms with E-state index in [0.29, 0.717) is 38.5 Å². The molecule has 0 spiro atoms. The van der Waals surface area contributed by atoms with Gasteiger partial charge >= 0.3 is 5.97 Å². The Morgan fingerprint density at radius 1 is 0.579 bits per heavy atom. The summed E-state index contributed by atoms with van der Waals surface area (Å²) in [6.07, 6.45) is 4.03. The van der Waals surface area contributed by atoms with Crippen molar-refractivity contribution in [3.63, 3.8) is 0 Å². The van der Waals surface area contributed by atoms with Crippen molar-refractivity contribution in [2.75, 3.05) is 33.4 Å². The van der Waals surface area contributed by atoms with E-state index in [0.717, 1.165) is 24.8 Å². The molecule has 31 nitrogen and oxygen atoms in total. The lowest BCUT2D eigenvalue weighted by atomic mass is 9.83. The van der Waals surface area contributed by atoms with Crippen LogP contribution in [0.4, 0.5) is 0 Å². The van der Waals surface area contributed by atoms with Gasteiger partial charge < -0.3 is 96.4 Å². The third-order valence-corrected chi connectivity index (χ3v) is 17.9. The SMILES string of the molecule is CC[C@H](C)[C@H](NC(=O)[C@@H](Cc1ccccc1)NC)C(=O)N[C@@H](CO)C(=O)N[C@H](CCCN=C(N)N)C(=O)N[C@@H](C(=O)N[C@H](C(=O)N[C@@H](CO)C(=O)N[C@H]1C(=O)N[C@@H](CCCN=C(N)N)C(=O)N[C@@H](C2CCCCC2)C(=O)N[C@@H]([C@@H](C)CC)C(=O)O[C@H]1C)[C@@H](C)CC)[C@@H](C)CC. The van der Waals surface area contributed by atoms with Crippen LogP contribution in [0.5, 0.6) is 0 Å². The van der Waals surface area contributed by atoms with Gasteiger partial charge in [0.05, 0.1) is 19.3 Å². The summed E-state index contributed by atoms with van der Waals surface area (Å²) in [6, 6.07) is -5.89. The number of likely N-dealkylation sites (N-methyl/N-ethyl adjacent to an activating group) is 1. The second-order valence-electron chi connectivity index (χ2n) is 25.0. The summed E-state index contributed by atoms with van der Waals surface area (Å²) in [5.74, 6) is -12.5. The molecule has 1 saturated heterocycles. The number of rotatable bonds is 36. The van der Waals surface area contributed by atoms with Crippen molar-refractivity contribution in [2.24, 2.45) is 62.5 Å². The number of benzene rings is 1. The third-order valence-electron chi connectivity index (χ3n) is 17.9. The molecule has 3 rings (SSSR count). The normalized spacial score (nSPS) is 21.5. The number of hydrogen-bond donors (Lipinski definition) is 17. The highest BCUT2D eigenvalue weighted by Gasteiger charge is 2.43. The molecule has 2 aliphatic rings. The van der Waals surface area contributed by atoms with E-state index in [1.807, 2.05) is 37.3 Å². The second kappa shape index (κ2) is 41.6. The highest BCUT2D eigenvalue weighted by Crippen LogP contribution is 2.28. The van der Waals surface area contributed by atoms with Crippen LogP contribution in [0.1, 0.15) is 151 Å². The zero-order chi connectivity index (χ0) is 71.1. The lowest BCUT2D eigenvalue weighted by Gasteiger charge is -2.33. The van der Waals surface area contributed by atoms with Crippen LogP contribution in [-0.2, 0) is 63.9 Å². The van der Waals surface area contributed by atoms with Crippen molar-refractivity contribution in [1.29, 1.82) is 0 Å².